The second-order valence-corrected chi connectivity index (χ2v) is 6.38. The van der Waals surface area contributed by atoms with E-state index in [4.69, 9.17) is 0 Å². The van der Waals surface area contributed by atoms with Crippen LogP contribution in [0, 0.1) is 11.8 Å². The monoisotopic (exact) mass is 234 g/mol. The largest absolute Gasteiger partial charge is 0.0819 e. The van der Waals surface area contributed by atoms with Crippen molar-refractivity contribution in [2.24, 2.45) is 11.8 Å². The average molecular weight is 234 g/mol. The molecule has 0 N–H and O–H groups in total. The lowest BCUT2D eigenvalue weighted by molar-refractivity contribution is 0.539. The summed E-state index contributed by atoms with van der Waals surface area (Å²) in [6.45, 7) is 2.40. The summed E-state index contributed by atoms with van der Waals surface area (Å²) in [4.78, 5) is 0. The van der Waals surface area contributed by atoms with Gasteiger partial charge in [0.05, 0.1) is 0 Å². The van der Waals surface area contributed by atoms with E-state index < -0.39 is 0 Å². The fourth-order valence-corrected chi connectivity index (χ4v) is 3.12. The highest BCUT2D eigenvalue weighted by molar-refractivity contribution is 5.10. The first-order chi connectivity index (χ1) is 8.36. The molecule has 0 saturated heterocycles. The Balaban J connectivity index is 1.78. The van der Waals surface area contributed by atoms with Crippen LogP contribution in [0.5, 0.6) is 0 Å². The minimum Gasteiger partial charge on any atom is -0.0819 e. The van der Waals surface area contributed by atoms with Gasteiger partial charge in [-0.2, -0.15) is 0 Å². The van der Waals surface area contributed by atoms with Crippen molar-refractivity contribution >= 4 is 0 Å². The van der Waals surface area contributed by atoms with Crippen LogP contribution in [0.2, 0.25) is 0 Å². The van der Waals surface area contributed by atoms with Crippen molar-refractivity contribution in [3.05, 3.63) is 11.6 Å². The minimum atomic E-state index is 0.956. The summed E-state index contributed by atoms with van der Waals surface area (Å²) in [5.41, 5.74) is 1.81. The van der Waals surface area contributed by atoms with Crippen LogP contribution in [0.25, 0.3) is 0 Å². The topological polar surface area (TPSA) is 0 Å². The van der Waals surface area contributed by atoms with Crippen LogP contribution in [0.15, 0.2) is 11.6 Å². The Bertz CT molecular complexity index is 224. The van der Waals surface area contributed by atoms with Gasteiger partial charge in [0.25, 0.3) is 0 Å². The molecule has 0 nitrogen and oxygen atoms in total. The normalized spacial score (nSPS) is 32.4. The zero-order valence-electron chi connectivity index (χ0n) is 11.7. The van der Waals surface area contributed by atoms with Gasteiger partial charge in [-0.25, -0.2) is 0 Å². The average Bonchev–Trinajstić information content (AvgIpc) is 2.98. The molecule has 0 aromatic heterocycles. The van der Waals surface area contributed by atoms with Gasteiger partial charge in [0.1, 0.15) is 0 Å². The van der Waals surface area contributed by atoms with Crippen LogP contribution >= 0.6 is 0 Å². The molecule has 2 saturated carbocycles. The summed E-state index contributed by atoms with van der Waals surface area (Å²) in [6, 6.07) is 0. The van der Waals surface area contributed by atoms with Crippen molar-refractivity contribution < 1.29 is 0 Å². The zero-order valence-corrected chi connectivity index (χ0v) is 11.7. The Morgan fingerprint density at radius 1 is 0.765 bits per heavy atom. The Morgan fingerprint density at radius 2 is 1.18 bits per heavy atom. The molecule has 0 aromatic rings. The third-order valence-corrected chi connectivity index (χ3v) is 4.62. The lowest BCUT2D eigenvalue weighted by atomic mass is 9.96. The molecule has 2 atom stereocenters. The minimum absolute atomic E-state index is 0.956. The standard InChI is InChI=1S/C17H30/c1-15-13-17(15)14-16-11-9-7-5-3-2-4-6-8-10-12-16/h14-15,17H,2-13H2,1H3/t15-,17-/m0/s1. The Labute approximate surface area is 108 Å². The van der Waals surface area contributed by atoms with E-state index in [1.165, 1.54) is 77.0 Å². The Morgan fingerprint density at radius 3 is 1.59 bits per heavy atom. The van der Waals surface area contributed by atoms with Crippen LogP contribution in [-0.2, 0) is 0 Å². The molecule has 2 fully saturated rings. The van der Waals surface area contributed by atoms with Crippen molar-refractivity contribution in [2.75, 3.05) is 0 Å². The van der Waals surface area contributed by atoms with E-state index in [-0.39, 0.29) is 0 Å². The first-order valence-corrected chi connectivity index (χ1v) is 8.06. The van der Waals surface area contributed by atoms with E-state index in [1.54, 1.807) is 5.57 Å². The molecular formula is C17H30. The maximum Gasteiger partial charge on any atom is -0.0202 e. The highest BCUT2D eigenvalue weighted by Gasteiger charge is 2.30. The molecule has 0 bridgehead atoms. The Hall–Kier alpha value is -0.260. The number of hydrogen-bond acceptors (Lipinski definition) is 0. The molecule has 98 valence electrons. The number of allylic oxidation sites excluding steroid dienone is 2. The second kappa shape index (κ2) is 7.24. The summed E-state index contributed by atoms with van der Waals surface area (Å²) in [5.74, 6) is 1.95. The van der Waals surface area contributed by atoms with Crippen molar-refractivity contribution in [2.45, 2.75) is 84.0 Å². The molecule has 0 spiro atoms. The lowest BCUT2D eigenvalue weighted by Crippen LogP contribution is -1.91. The lowest BCUT2D eigenvalue weighted by Gasteiger charge is -2.10. The molecule has 0 heteroatoms. The summed E-state index contributed by atoms with van der Waals surface area (Å²) < 4.78 is 0. The van der Waals surface area contributed by atoms with Gasteiger partial charge in [0.15, 0.2) is 0 Å². The fourth-order valence-electron chi connectivity index (χ4n) is 3.12. The summed E-state index contributed by atoms with van der Waals surface area (Å²) in [5, 5.41) is 0. The van der Waals surface area contributed by atoms with E-state index in [0.717, 1.165) is 11.8 Å². The maximum atomic E-state index is 2.65. The van der Waals surface area contributed by atoms with Crippen molar-refractivity contribution in [1.82, 2.24) is 0 Å². The van der Waals surface area contributed by atoms with E-state index in [1.807, 2.05) is 0 Å². The quantitative estimate of drug-likeness (QED) is 0.497. The zero-order chi connectivity index (χ0) is 11.9. The fraction of sp³-hybridized carbons (Fsp3) is 0.882. The van der Waals surface area contributed by atoms with E-state index in [9.17, 15) is 0 Å². The molecule has 2 rings (SSSR count). The number of rotatable bonds is 1. The van der Waals surface area contributed by atoms with Crippen LogP contribution in [0.1, 0.15) is 84.0 Å². The van der Waals surface area contributed by atoms with Gasteiger partial charge in [-0.1, -0.05) is 63.5 Å². The predicted octanol–water partition coefficient (Wildman–Crippen LogP) is 5.87. The third kappa shape index (κ3) is 5.27. The molecule has 0 heterocycles. The van der Waals surface area contributed by atoms with E-state index >= 15 is 0 Å². The number of hydrogen-bond donors (Lipinski definition) is 0. The SMILES string of the molecule is C[C@H]1C[C@H]1C=C1CCCCCCCCCCC1. The first-order valence-electron chi connectivity index (χ1n) is 8.06. The van der Waals surface area contributed by atoms with Gasteiger partial charge >= 0.3 is 0 Å². The van der Waals surface area contributed by atoms with Crippen molar-refractivity contribution in [3.63, 3.8) is 0 Å². The molecule has 0 aliphatic heterocycles. The van der Waals surface area contributed by atoms with Gasteiger partial charge in [-0.15, -0.1) is 0 Å². The molecule has 0 unspecified atom stereocenters. The summed E-state index contributed by atoms with van der Waals surface area (Å²) in [6.07, 6.45) is 20.2. The maximum absolute atomic E-state index is 2.65. The highest BCUT2D eigenvalue weighted by atomic mass is 14.3. The molecule has 2 aliphatic carbocycles. The van der Waals surface area contributed by atoms with Gasteiger partial charge in [0.2, 0.25) is 0 Å². The first kappa shape index (κ1) is 13.2. The van der Waals surface area contributed by atoms with Gasteiger partial charge in [0, 0.05) is 0 Å². The Kier molecular flexibility index (Phi) is 5.61. The molecule has 0 aromatic carbocycles. The van der Waals surface area contributed by atoms with Gasteiger partial charge in [-0.3, -0.25) is 0 Å². The van der Waals surface area contributed by atoms with Crippen LogP contribution in [0.4, 0.5) is 0 Å². The summed E-state index contributed by atoms with van der Waals surface area (Å²) >= 11 is 0. The smallest absolute Gasteiger partial charge is 0.0202 e. The van der Waals surface area contributed by atoms with Crippen LogP contribution in [-0.4, -0.2) is 0 Å². The summed E-state index contributed by atoms with van der Waals surface area (Å²) in [7, 11) is 0. The highest BCUT2D eigenvalue weighted by Crippen LogP contribution is 2.40. The molecule has 17 heavy (non-hydrogen) atoms. The van der Waals surface area contributed by atoms with E-state index in [0.29, 0.717) is 0 Å². The second-order valence-electron chi connectivity index (χ2n) is 6.38. The predicted molar refractivity (Wildman–Crippen MR) is 76.1 cm³/mol. The van der Waals surface area contributed by atoms with Gasteiger partial charge < -0.3 is 0 Å². The molecule has 2 aliphatic rings. The van der Waals surface area contributed by atoms with Crippen LogP contribution in [0.3, 0.4) is 0 Å². The van der Waals surface area contributed by atoms with Crippen LogP contribution < -0.4 is 0 Å². The molecule has 0 radical (unpaired) electrons. The van der Waals surface area contributed by atoms with Crippen molar-refractivity contribution in [1.29, 1.82) is 0 Å². The van der Waals surface area contributed by atoms with E-state index in [2.05, 4.69) is 13.0 Å². The molecule has 0 amide bonds. The van der Waals surface area contributed by atoms with Gasteiger partial charge in [-0.05, 0) is 43.9 Å². The van der Waals surface area contributed by atoms with Crippen molar-refractivity contribution in [3.8, 4) is 0 Å². The molecular weight excluding hydrogens is 204 g/mol. The third-order valence-electron chi connectivity index (χ3n) is 4.62.